The van der Waals surface area contributed by atoms with Crippen LogP contribution in [0.5, 0.6) is 0 Å². The van der Waals surface area contributed by atoms with Crippen molar-refractivity contribution in [3.63, 3.8) is 0 Å². The van der Waals surface area contributed by atoms with Crippen LogP contribution in [0.2, 0.25) is 0 Å². The quantitative estimate of drug-likeness (QED) is 0.784. The van der Waals surface area contributed by atoms with E-state index < -0.39 is 0 Å². The SMILES string of the molecule is Cc1cc(C)cc(C(CN)NCCN(C)C)c1. The highest BCUT2D eigenvalue weighted by molar-refractivity contribution is 5.30. The summed E-state index contributed by atoms with van der Waals surface area (Å²) in [6, 6.07) is 6.88. The monoisotopic (exact) mass is 235 g/mol. The number of nitrogens with two attached hydrogens (primary N) is 1. The summed E-state index contributed by atoms with van der Waals surface area (Å²) in [6.45, 7) is 6.88. The van der Waals surface area contributed by atoms with E-state index in [-0.39, 0.29) is 6.04 Å². The minimum Gasteiger partial charge on any atom is -0.329 e. The summed E-state index contributed by atoms with van der Waals surface area (Å²) >= 11 is 0. The molecular formula is C14H25N3. The maximum atomic E-state index is 5.85. The molecule has 0 heterocycles. The minimum absolute atomic E-state index is 0.258. The number of nitrogens with one attached hydrogen (secondary N) is 1. The zero-order valence-electron chi connectivity index (χ0n) is 11.5. The Morgan fingerprint density at radius 1 is 1.18 bits per heavy atom. The lowest BCUT2D eigenvalue weighted by molar-refractivity contribution is 0.385. The van der Waals surface area contributed by atoms with Gasteiger partial charge in [0.05, 0.1) is 0 Å². The van der Waals surface area contributed by atoms with Crippen molar-refractivity contribution in [2.75, 3.05) is 33.7 Å². The molecule has 1 rings (SSSR count). The molecule has 17 heavy (non-hydrogen) atoms. The molecule has 0 saturated carbocycles. The summed E-state index contributed by atoms with van der Waals surface area (Å²) in [7, 11) is 4.16. The summed E-state index contributed by atoms with van der Waals surface area (Å²) in [5, 5.41) is 3.50. The molecule has 0 radical (unpaired) electrons. The standard InChI is InChI=1S/C14H25N3/c1-11-7-12(2)9-13(8-11)14(10-15)16-5-6-17(3)4/h7-9,14,16H,5-6,10,15H2,1-4H3. The van der Waals surface area contributed by atoms with Crippen LogP contribution < -0.4 is 11.1 Å². The fourth-order valence-corrected chi connectivity index (χ4v) is 2.01. The number of nitrogens with zero attached hydrogens (tertiary/aromatic N) is 1. The highest BCUT2D eigenvalue weighted by Crippen LogP contribution is 2.16. The van der Waals surface area contributed by atoms with E-state index >= 15 is 0 Å². The van der Waals surface area contributed by atoms with E-state index in [1.165, 1.54) is 16.7 Å². The Kier molecular flexibility index (Phi) is 5.62. The summed E-state index contributed by atoms with van der Waals surface area (Å²) in [5.74, 6) is 0. The number of aryl methyl sites for hydroxylation is 2. The van der Waals surface area contributed by atoms with E-state index in [0.29, 0.717) is 6.54 Å². The van der Waals surface area contributed by atoms with Gasteiger partial charge in [-0.05, 0) is 33.5 Å². The molecule has 0 fully saturated rings. The third kappa shape index (κ3) is 4.86. The Balaban J connectivity index is 2.65. The normalized spacial score (nSPS) is 13.1. The Morgan fingerprint density at radius 2 is 1.76 bits per heavy atom. The summed E-state index contributed by atoms with van der Waals surface area (Å²) < 4.78 is 0. The van der Waals surface area contributed by atoms with Crippen molar-refractivity contribution in [1.82, 2.24) is 10.2 Å². The summed E-state index contributed by atoms with van der Waals surface area (Å²) in [6.07, 6.45) is 0. The van der Waals surface area contributed by atoms with Crippen molar-refractivity contribution in [2.24, 2.45) is 5.73 Å². The van der Waals surface area contributed by atoms with E-state index in [1.807, 2.05) is 0 Å². The van der Waals surface area contributed by atoms with Gasteiger partial charge < -0.3 is 16.0 Å². The van der Waals surface area contributed by atoms with Crippen molar-refractivity contribution >= 4 is 0 Å². The molecule has 0 saturated heterocycles. The highest BCUT2D eigenvalue weighted by Gasteiger charge is 2.09. The predicted molar refractivity (Wildman–Crippen MR) is 74.3 cm³/mol. The van der Waals surface area contributed by atoms with Crippen LogP contribution in [0.4, 0.5) is 0 Å². The summed E-state index contributed by atoms with van der Waals surface area (Å²) in [4.78, 5) is 2.17. The van der Waals surface area contributed by atoms with E-state index in [0.717, 1.165) is 13.1 Å². The lowest BCUT2D eigenvalue weighted by Crippen LogP contribution is -2.33. The third-order valence-corrected chi connectivity index (χ3v) is 2.83. The fourth-order valence-electron chi connectivity index (χ4n) is 2.01. The topological polar surface area (TPSA) is 41.3 Å². The zero-order valence-corrected chi connectivity index (χ0v) is 11.5. The molecule has 1 unspecified atom stereocenters. The Bertz CT molecular complexity index is 327. The van der Waals surface area contributed by atoms with Crippen molar-refractivity contribution in [3.8, 4) is 0 Å². The first kappa shape index (κ1) is 14.2. The van der Waals surface area contributed by atoms with Gasteiger partial charge in [0.15, 0.2) is 0 Å². The molecule has 0 spiro atoms. The average Bonchev–Trinajstić information content (AvgIpc) is 2.22. The number of hydrogen-bond donors (Lipinski definition) is 2. The molecule has 0 amide bonds. The van der Waals surface area contributed by atoms with Gasteiger partial charge in [-0.15, -0.1) is 0 Å². The first-order valence-electron chi connectivity index (χ1n) is 6.19. The lowest BCUT2D eigenvalue weighted by atomic mass is 10.0. The number of rotatable bonds is 6. The molecule has 3 N–H and O–H groups in total. The van der Waals surface area contributed by atoms with Gasteiger partial charge in [0.1, 0.15) is 0 Å². The van der Waals surface area contributed by atoms with Gasteiger partial charge in [0, 0.05) is 25.7 Å². The first-order valence-corrected chi connectivity index (χ1v) is 6.19. The number of likely N-dealkylation sites (N-methyl/N-ethyl adjacent to an activating group) is 1. The van der Waals surface area contributed by atoms with Crippen LogP contribution in [-0.2, 0) is 0 Å². The fraction of sp³-hybridized carbons (Fsp3) is 0.571. The first-order chi connectivity index (χ1) is 8.02. The van der Waals surface area contributed by atoms with Crippen molar-refractivity contribution in [3.05, 3.63) is 34.9 Å². The molecule has 0 aromatic heterocycles. The molecule has 1 aromatic carbocycles. The summed E-state index contributed by atoms with van der Waals surface area (Å²) in [5.41, 5.74) is 9.74. The lowest BCUT2D eigenvalue weighted by Gasteiger charge is -2.20. The van der Waals surface area contributed by atoms with Gasteiger partial charge in [-0.25, -0.2) is 0 Å². The van der Waals surface area contributed by atoms with Crippen LogP contribution in [0.3, 0.4) is 0 Å². The molecule has 96 valence electrons. The zero-order chi connectivity index (χ0) is 12.8. The molecule has 3 nitrogen and oxygen atoms in total. The Labute approximate surface area is 105 Å². The number of benzene rings is 1. The van der Waals surface area contributed by atoms with E-state index in [9.17, 15) is 0 Å². The molecule has 0 aliphatic carbocycles. The molecular weight excluding hydrogens is 210 g/mol. The average molecular weight is 235 g/mol. The van der Waals surface area contributed by atoms with Gasteiger partial charge in [-0.2, -0.15) is 0 Å². The van der Waals surface area contributed by atoms with Gasteiger partial charge in [-0.3, -0.25) is 0 Å². The van der Waals surface area contributed by atoms with Crippen molar-refractivity contribution < 1.29 is 0 Å². The molecule has 1 atom stereocenters. The second kappa shape index (κ2) is 6.74. The van der Waals surface area contributed by atoms with Crippen LogP contribution in [0.25, 0.3) is 0 Å². The maximum absolute atomic E-state index is 5.85. The number of hydrogen-bond acceptors (Lipinski definition) is 3. The second-order valence-electron chi connectivity index (χ2n) is 4.97. The van der Waals surface area contributed by atoms with Crippen molar-refractivity contribution in [1.29, 1.82) is 0 Å². The predicted octanol–water partition coefficient (Wildman–Crippen LogP) is 1.45. The van der Waals surface area contributed by atoms with Gasteiger partial charge in [0.25, 0.3) is 0 Å². The maximum Gasteiger partial charge on any atom is 0.0445 e. The smallest absolute Gasteiger partial charge is 0.0445 e. The minimum atomic E-state index is 0.258. The molecule has 1 aromatic rings. The Hall–Kier alpha value is -0.900. The highest BCUT2D eigenvalue weighted by atomic mass is 15.1. The second-order valence-corrected chi connectivity index (χ2v) is 4.97. The van der Waals surface area contributed by atoms with Crippen LogP contribution >= 0.6 is 0 Å². The van der Waals surface area contributed by atoms with Crippen LogP contribution in [0.15, 0.2) is 18.2 Å². The van der Waals surface area contributed by atoms with E-state index in [2.05, 4.69) is 56.4 Å². The van der Waals surface area contributed by atoms with Gasteiger partial charge in [0.2, 0.25) is 0 Å². The molecule has 0 aliphatic heterocycles. The van der Waals surface area contributed by atoms with E-state index in [1.54, 1.807) is 0 Å². The van der Waals surface area contributed by atoms with Crippen LogP contribution in [-0.4, -0.2) is 38.6 Å². The van der Waals surface area contributed by atoms with Gasteiger partial charge in [-0.1, -0.05) is 29.3 Å². The van der Waals surface area contributed by atoms with Crippen LogP contribution in [0.1, 0.15) is 22.7 Å². The third-order valence-electron chi connectivity index (χ3n) is 2.83. The van der Waals surface area contributed by atoms with Crippen LogP contribution in [0, 0.1) is 13.8 Å². The van der Waals surface area contributed by atoms with Crippen molar-refractivity contribution in [2.45, 2.75) is 19.9 Å². The largest absolute Gasteiger partial charge is 0.329 e. The molecule has 3 heteroatoms. The van der Waals surface area contributed by atoms with E-state index in [4.69, 9.17) is 5.73 Å². The van der Waals surface area contributed by atoms with Gasteiger partial charge >= 0.3 is 0 Å². The molecule has 0 aliphatic rings. The Morgan fingerprint density at radius 3 is 2.24 bits per heavy atom. The molecule has 0 bridgehead atoms.